The maximum absolute atomic E-state index is 13.8. The summed E-state index contributed by atoms with van der Waals surface area (Å²) in [4.78, 5) is 13.8. The number of aliphatic hydroxyl groups excluding tert-OH is 2. The largest absolute Gasteiger partial charge is 0.386 e. The molecule has 4 aliphatic rings. The van der Waals surface area contributed by atoms with E-state index in [-0.39, 0.29) is 29.0 Å². The average molecular weight is 346 g/mol. The fraction of sp³-hybridized carbons (Fsp3) is 0.762. The smallest absolute Gasteiger partial charge is 0.153 e. The minimum absolute atomic E-state index is 0.0148. The van der Waals surface area contributed by atoms with Crippen LogP contribution in [-0.2, 0) is 4.79 Å². The van der Waals surface area contributed by atoms with Gasteiger partial charge in [0, 0.05) is 5.92 Å². The fourth-order valence-electron chi connectivity index (χ4n) is 6.60. The van der Waals surface area contributed by atoms with E-state index >= 15 is 0 Å². The van der Waals surface area contributed by atoms with E-state index in [9.17, 15) is 20.1 Å². The summed E-state index contributed by atoms with van der Waals surface area (Å²) in [6, 6.07) is 0. The zero-order valence-corrected chi connectivity index (χ0v) is 15.8. The van der Waals surface area contributed by atoms with Crippen LogP contribution in [0.4, 0.5) is 0 Å². The lowest BCUT2D eigenvalue weighted by molar-refractivity contribution is -0.189. The molecule has 8 atom stereocenters. The second kappa shape index (κ2) is 4.85. The molecule has 4 rings (SSSR count). The van der Waals surface area contributed by atoms with Gasteiger partial charge >= 0.3 is 0 Å². The van der Waals surface area contributed by atoms with Gasteiger partial charge in [0.2, 0.25) is 0 Å². The van der Waals surface area contributed by atoms with E-state index in [1.807, 2.05) is 19.9 Å². The lowest BCUT2D eigenvalue weighted by Gasteiger charge is -2.48. The summed E-state index contributed by atoms with van der Waals surface area (Å²) in [6.45, 7) is 10.1. The number of ketones is 1. The first-order valence-corrected chi connectivity index (χ1v) is 9.57. The predicted molar refractivity (Wildman–Crippen MR) is 94.6 cm³/mol. The quantitative estimate of drug-likeness (QED) is 0.636. The summed E-state index contributed by atoms with van der Waals surface area (Å²) < 4.78 is 0. The Morgan fingerprint density at radius 3 is 2.48 bits per heavy atom. The Morgan fingerprint density at radius 1 is 1.24 bits per heavy atom. The molecule has 1 spiro atoms. The number of hydrogen-bond acceptors (Lipinski definition) is 4. The molecule has 4 nitrogen and oxygen atoms in total. The number of Topliss-reactive ketones (excluding diaryl/α,β-unsaturated/α-hetero) is 1. The summed E-state index contributed by atoms with van der Waals surface area (Å²) >= 11 is 0. The molecule has 0 unspecified atom stereocenters. The van der Waals surface area contributed by atoms with Crippen LogP contribution >= 0.6 is 0 Å². The van der Waals surface area contributed by atoms with Crippen LogP contribution in [0.3, 0.4) is 0 Å². The van der Waals surface area contributed by atoms with Crippen molar-refractivity contribution in [3.05, 3.63) is 23.3 Å². The van der Waals surface area contributed by atoms with Crippen LogP contribution in [0.25, 0.3) is 0 Å². The zero-order valence-electron chi connectivity index (χ0n) is 15.8. The molecule has 0 aromatic rings. The van der Waals surface area contributed by atoms with Crippen LogP contribution in [0.15, 0.2) is 23.3 Å². The highest BCUT2D eigenvalue weighted by atomic mass is 16.4. The number of carbonyl (C=O) groups is 1. The van der Waals surface area contributed by atoms with Gasteiger partial charge < -0.3 is 15.3 Å². The molecular formula is C21H30O4. The van der Waals surface area contributed by atoms with Crippen molar-refractivity contribution in [1.29, 1.82) is 0 Å². The molecule has 3 N–H and O–H groups in total. The topological polar surface area (TPSA) is 77.8 Å². The number of aliphatic hydroxyl groups is 3. The number of allylic oxidation sites excluding steroid dienone is 1. The van der Waals surface area contributed by atoms with E-state index in [0.717, 1.165) is 6.42 Å². The Kier molecular flexibility index (Phi) is 3.38. The molecule has 138 valence electrons. The van der Waals surface area contributed by atoms with Crippen LogP contribution in [-0.4, -0.2) is 38.9 Å². The molecule has 2 fully saturated rings. The lowest BCUT2D eigenvalue weighted by atomic mass is 9.59. The highest BCUT2D eigenvalue weighted by Gasteiger charge is 2.75. The first kappa shape index (κ1) is 17.4. The Morgan fingerprint density at radius 2 is 1.88 bits per heavy atom. The Bertz CT molecular complexity index is 705. The standard InChI is InChI=1S/C21H30O4/c1-6-12-8-13-15-14(19(15,4)5)7-11(3)20(18(13)24)9-10(2)16(22)21(20,25)17(12)23/h8-9,11,13-17,22-23,25H,6-7H2,1-5H3/t11-,13+,14-,15+,16+,17-,20+,21-/m1/s1. The molecule has 0 heterocycles. The van der Waals surface area contributed by atoms with Crippen molar-refractivity contribution in [3.8, 4) is 0 Å². The van der Waals surface area contributed by atoms with E-state index in [2.05, 4.69) is 13.8 Å². The van der Waals surface area contributed by atoms with Crippen LogP contribution in [0.5, 0.6) is 0 Å². The van der Waals surface area contributed by atoms with E-state index in [0.29, 0.717) is 23.5 Å². The van der Waals surface area contributed by atoms with Crippen molar-refractivity contribution < 1.29 is 20.1 Å². The molecule has 0 aliphatic heterocycles. The molecule has 4 heteroatoms. The lowest BCUT2D eigenvalue weighted by Crippen LogP contribution is -2.65. The van der Waals surface area contributed by atoms with Gasteiger partial charge in [-0.25, -0.2) is 0 Å². The molecule has 0 aromatic heterocycles. The fourth-order valence-corrected chi connectivity index (χ4v) is 6.60. The molecular weight excluding hydrogens is 316 g/mol. The summed E-state index contributed by atoms with van der Waals surface area (Å²) in [6.07, 6.45) is 2.65. The minimum Gasteiger partial charge on any atom is -0.386 e. The third-order valence-corrected chi connectivity index (χ3v) is 8.16. The van der Waals surface area contributed by atoms with Gasteiger partial charge in [-0.15, -0.1) is 0 Å². The van der Waals surface area contributed by atoms with E-state index < -0.39 is 23.2 Å². The predicted octanol–water partition coefficient (Wildman–Crippen LogP) is 2.23. The normalized spacial score (nSPS) is 53.2. The molecule has 0 saturated heterocycles. The van der Waals surface area contributed by atoms with E-state index in [1.165, 1.54) is 0 Å². The van der Waals surface area contributed by atoms with Gasteiger partial charge in [-0.3, -0.25) is 4.79 Å². The van der Waals surface area contributed by atoms with Crippen LogP contribution in [0.1, 0.15) is 47.5 Å². The highest BCUT2D eigenvalue weighted by Crippen LogP contribution is 2.71. The number of hydrogen-bond donors (Lipinski definition) is 3. The number of carbonyl (C=O) groups excluding carboxylic acids is 1. The van der Waals surface area contributed by atoms with Gasteiger partial charge in [-0.2, -0.15) is 0 Å². The summed E-state index contributed by atoms with van der Waals surface area (Å²) in [5.74, 6) is 0.257. The van der Waals surface area contributed by atoms with Gasteiger partial charge in [0.15, 0.2) is 5.78 Å². The van der Waals surface area contributed by atoms with Gasteiger partial charge in [0.05, 0.1) is 5.41 Å². The summed E-state index contributed by atoms with van der Waals surface area (Å²) in [5, 5.41) is 33.6. The third-order valence-electron chi connectivity index (χ3n) is 8.16. The van der Waals surface area contributed by atoms with Crippen molar-refractivity contribution in [2.24, 2.45) is 34.5 Å². The summed E-state index contributed by atoms with van der Waals surface area (Å²) in [7, 11) is 0. The molecule has 0 aromatic carbocycles. The van der Waals surface area contributed by atoms with Crippen molar-refractivity contribution >= 4 is 5.78 Å². The maximum atomic E-state index is 13.8. The monoisotopic (exact) mass is 346 g/mol. The van der Waals surface area contributed by atoms with Gasteiger partial charge in [-0.05, 0) is 54.1 Å². The van der Waals surface area contributed by atoms with Crippen LogP contribution in [0, 0.1) is 34.5 Å². The maximum Gasteiger partial charge on any atom is 0.153 e. The Labute approximate surface area is 149 Å². The minimum atomic E-state index is -1.87. The molecule has 2 saturated carbocycles. The average Bonchev–Trinajstić information content (AvgIpc) is 3.05. The molecule has 2 bridgehead atoms. The van der Waals surface area contributed by atoms with E-state index in [1.54, 1.807) is 13.0 Å². The second-order valence-electron chi connectivity index (χ2n) is 9.46. The Balaban J connectivity index is 1.99. The molecule has 0 radical (unpaired) electrons. The molecule has 0 amide bonds. The van der Waals surface area contributed by atoms with E-state index in [4.69, 9.17) is 0 Å². The van der Waals surface area contributed by atoms with Gasteiger partial charge in [0.1, 0.15) is 17.8 Å². The summed E-state index contributed by atoms with van der Waals surface area (Å²) in [5.41, 5.74) is -1.70. The van der Waals surface area contributed by atoms with Crippen molar-refractivity contribution in [1.82, 2.24) is 0 Å². The number of rotatable bonds is 1. The van der Waals surface area contributed by atoms with Gasteiger partial charge in [-0.1, -0.05) is 39.8 Å². The first-order chi connectivity index (χ1) is 11.5. The first-order valence-electron chi connectivity index (χ1n) is 9.57. The number of fused-ring (bicyclic) bond motifs is 3. The van der Waals surface area contributed by atoms with Gasteiger partial charge in [0.25, 0.3) is 0 Å². The second-order valence-corrected chi connectivity index (χ2v) is 9.46. The van der Waals surface area contributed by atoms with Crippen LogP contribution < -0.4 is 0 Å². The third kappa shape index (κ3) is 1.72. The zero-order chi connectivity index (χ0) is 18.5. The Hall–Kier alpha value is -0.970. The SMILES string of the molecule is CCC1=C[C@@H]2C(=O)[C@]3(C=C(C)[C@H](O)[C@@]3(O)[C@@H]1O)[C@H](C)C[C@@H]1[C@H]2C1(C)C. The van der Waals surface area contributed by atoms with Crippen molar-refractivity contribution in [2.45, 2.75) is 65.3 Å². The highest BCUT2D eigenvalue weighted by molar-refractivity contribution is 5.95. The molecule has 25 heavy (non-hydrogen) atoms. The molecule has 4 aliphatic carbocycles. The van der Waals surface area contributed by atoms with Crippen molar-refractivity contribution in [3.63, 3.8) is 0 Å². The van der Waals surface area contributed by atoms with Crippen LogP contribution in [0.2, 0.25) is 0 Å². The van der Waals surface area contributed by atoms with Crippen molar-refractivity contribution in [2.75, 3.05) is 0 Å².